The van der Waals surface area contributed by atoms with Crippen molar-refractivity contribution in [1.29, 1.82) is 0 Å². The van der Waals surface area contributed by atoms with E-state index in [0.717, 1.165) is 0 Å². The van der Waals surface area contributed by atoms with Gasteiger partial charge in [-0.15, -0.1) is 0 Å². The molecule has 1 atom stereocenters. The van der Waals surface area contributed by atoms with Gasteiger partial charge >= 0.3 is 0 Å². The van der Waals surface area contributed by atoms with Crippen molar-refractivity contribution >= 4 is 34.3 Å². The number of halogens is 3. The molecule has 0 saturated carbocycles. The van der Waals surface area contributed by atoms with E-state index in [2.05, 4.69) is 20.6 Å². The smallest absolute Gasteiger partial charge is 0.254 e. The Hall–Kier alpha value is -3.34. The lowest BCUT2D eigenvalue weighted by Crippen LogP contribution is -2.31. The average molecular weight is 437 g/mol. The Morgan fingerprint density at radius 3 is 2.61 bits per heavy atom. The highest BCUT2D eigenvalue weighted by Gasteiger charge is 2.16. The molecule has 0 aliphatic carbocycles. The van der Waals surface area contributed by atoms with Crippen molar-refractivity contribution < 1.29 is 18.0 Å². The maximum absolute atomic E-state index is 14.1. The fraction of sp³-hybridized carbons (Fsp3) is 0.350. The molecule has 0 aliphatic heterocycles. The Morgan fingerprint density at radius 1 is 1.26 bits per heavy atom. The summed E-state index contributed by atoms with van der Waals surface area (Å²) in [5.74, 6) is -0.992. The molecule has 0 spiro atoms. The predicted molar refractivity (Wildman–Crippen MR) is 115 cm³/mol. The van der Waals surface area contributed by atoms with Gasteiger partial charge in [0.05, 0.1) is 5.52 Å². The van der Waals surface area contributed by atoms with Gasteiger partial charge in [0.25, 0.3) is 5.91 Å². The van der Waals surface area contributed by atoms with Crippen molar-refractivity contribution in [1.82, 2.24) is 14.5 Å². The number of rotatable bonds is 8. The van der Waals surface area contributed by atoms with Gasteiger partial charge in [0.1, 0.15) is 17.2 Å². The third-order valence-corrected chi connectivity index (χ3v) is 4.30. The van der Waals surface area contributed by atoms with Gasteiger partial charge in [-0.05, 0) is 18.2 Å². The minimum absolute atomic E-state index is 0.0131. The second kappa shape index (κ2) is 10.6. The predicted octanol–water partition coefficient (Wildman–Crippen LogP) is 3.37. The van der Waals surface area contributed by atoms with Crippen molar-refractivity contribution in [3.05, 3.63) is 42.0 Å². The Bertz CT molecular complexity index is 1040. The lowest BCUT2D eigenvalue weighted by Gasteiger charge is -2.15. The number of hydrogen-bond acceptors (Lipinski definition) is 6. The first-order chi connectivity index (χ1) is 14.8. The van der Waals surface area contributed by atoms with Gasteiger partial charge < -0.3 is 26.7 Å². The molecule has 0 fully saturated rings. The minimum Gasteiger partial charge on any atom is -0.365 e. The molecule has 3 rings (SSSR count). The highest BCUT2D eigenvalue weighted by atomic mass is 19.3. The fourth-order valence-electron chi connectivity index (χ4n) is 2.88. The maximum Gasteiger partial charge on any atom is 0.254 e. The van der Waals surface area contributed by atoms with Crippen LogP contribution in [0.2, 0.25) is 0 Å². The van der Waals surface area contributed by atoms with Crippen LogP contribution in [0.25, 0.3) is 10.9 Å². The van der Waals surface area contributed by atoms with E-state index in [4.69, 9.17) is 11.5 Å². The second-order valence-corrected chi connectivity index (χ2v) is 6.50. The SMILES string of the molecule is CC.Cn1ccc2c(Nc3nc(NCC(N)CC(F)F)ncc3C(N)=O)ccc(F)c21. The molecule has 2 aromatic heterocycles. The summed E-state index contributed by atoms with van der Waals surface area (Å²) in [6, 6.07) is 3.72. The normalized spacial score (nSPS) is 11.7. The third kappa shape index (κ3) is 5.85. The van der Waals surface area contributed by atoms with Gasteiger partial charge in [-0.3, -0.25) is 4.79 Å². The summed E-state index contributed by atoms with van der Waals surface area (Å²) in [5.41, 5.74) is 11.9. The summed E-state index contributed by atoms with van der Waals surface area (Å²) in [6.45, 7) is 4.01. The summed E-state index contributed by atoms with van der Waals surface area (Å²) in [7, 11) is 1.71. The second-order valence-electron chi connectivity index (χ2n) is 6.50. The Labute approximate surface area is 177 Å². The number of anilines is 3. The standard InChI is InChI=1S/C18H20F3N7O.C2H6/c1-28-5-4-10-13(3-2-12(19)15(10)28)26-17-11(16(23)29)8-25-18(27-17)24-7-9(22)6-14(20)21;1-2/h2-5,8-9,14H,6-7,22H2,1H3,(H2,23,29)(H2,24,25,26,27);1-2H3. The first kappa shape index (κ1) is 23.9. The Balaban J connectivity index is 0.00000166. The summed E-state index contributed by atoms with van der Waals surface area (Å²) >= 11 is 0. The third-order valence-electron chi connectivity index (χ3n) is 4.30. The molecule has 0 saturated heterocycles. The van der Waals surface area contributed by atoms with E-state index in [-0.39, 0.29) is 23.9 Å². The Morgan fingerprint density at radius 2 is 1.97 bits per heavy atom. The van der Waals surface area contributed by atoms with Crippen LogP contribution in [0.4, 0.5) is 30.6 Å². The minimum atomic E-state index is -2.52. The van der Waals surface area contributed by atoms with E-state index in [1.54, 1.807) is 23.9 Å². The van der Waals surface area contributed by atoms with Crippen LogP contribution in [-0.2, 0) is 7.05 Å². The van der Waals surface area contributed by atoms with Crippen LogP contribution >= 0.6 is 0 Å². The van der Waals surface area contributed by atoms with Gasteiger partial charge in [-0.25, -0.2) is 18.2 Å². The molecular formula is C20H26F3N7O. The Kier molecular flexibility index (Phi) is 8.20. The molecule has 3 aromatic rings. The van der Waals surface area contributed by atoms with Gasteiger partial charge in [0.2, 0.25) is 12.4 Å². The molecular weight excluding hydrogens is 411 g/mol. The van der Waals surface area contributed by atoms with Crippen molar-refractivity contribution in [2.24, 2.45) is 18.5 Å². The van der Waals surface area contributed by atoms with Crippen LogP contribution < -0.4 is 22.1 Å². The summed E-state index contributed by atoms with van der Waals surface area (Å²) in [4.78, 5) is 19.9. The van der Waals surface area contributed by atoms with Gasteiger partial charge in [0, 0.05) is 49.5 Å². The zero-order valence-corrected chi connectivity index (χ0v) is 17.5. The molecule has 8 nitrogen and oxygen atoms in total. The number of nitrogens with two attached hydrogens (primary N) is 2. The van der Waals surface area contributed by atoms with E-state index in [1.807, 2.05) is 13.8 Å². The zero-order chi connectivity index (χ0) is 23.1. The van der Waals surface area contributed by atoms with Crippen molar-refractivity contribution in [2.45, 2.75) is 32.7 Å². The number of carbonyl (C=O) groups is 1. The molecule has 11 heteroatoms. The topological polar surface area (TPSA) is 124 Å². The lowest BCUT2D eigenvalue weighted by molar-refractivity contribution is 0.100. The highest BCUT2D eigenvalue weighted by Crippen LogP contribution is 2.29. The number of benzene rings is 1. The number of aryl methyl sites for hydroxylation is 1. The number of amides is 1. The molecule has 6 N–H and O–H groups in total. The molecule has 0 radical (unpaired) electrons. The maximum atomic E-state index is 14.1. The number of nitrogens with zero attached hydrogens (tertiary/aromatic N) is 3. The summed E-state index contributed by atoms with van der Waals surface area (Å²) in [5, 5.41) is 6.31. The average Bonchev–Trinajstić information content (AvgIpc) is 3.12. The number of hydrogen-bond donors (Lipinski definition) is 4. The van der Waals surface area contributed by atoms with Gasteiger partial charge in [0.15, 0.2) is 0 Å². The summed E-state index contributed by atoms with van der Waals surface area (Å²) in [6.07, 6.45) is -0.0803. The van der Waals surface area contributed by atoms with Crippen molar-refractivity contribution in [3.63, 3.8) is 0 Å². The molecule has 0 aliphatic rings. The number of primary amides is 1. The van der Waals surface area contributed by atoms with Crippen molar-refractivity contribution in [2.75, 3.05) is 17.2 Å². The van der Waals surface area contributed by atoms with E-state index in [9.17, 15) is 18.0 Å². The quantitative estimate of drug-likeness (QED) is 0.428. The summed E-state index contributed by atoms with van der Waals surface area (Å²) < 4.78 is 40.5. The highest BCUT2D eigenvalue weighted by molar-refractivity contribution is 6.00. The molecule has 1 unspecified atom stereocenters. The lowest BCUT2D eigenvalue weighted by atomic mass is 10.2. The number of nitrogens with one attached hydrogen (secondary N) is 2. The molecule has 1 amide bonds. The van der Waals surface area contributed by atoms with E-state index >= 15 is 0 Å². The molecule has 1 aromatic carbocycles. The van der Waals surface area contributed by atoms with Crippen LogP contribution in [0.3, 0.4) is 0 Å². The zero-order valence-electron chi connectivity index (χ0n) is 17.5. The first-order valence-electron chi connectivity index (χ1n) is 9.71. The van der Waals surface area contributed by atoms with Crippen LogP contribution in [0.1, 0.15) is 30.6 Å². The van der Waals surface area contributed by atoms with Crippen LogP contribution in [0.5, 0.6) is 0 Å². The number of aromatic nitrogens is 3. The molecule has 0 bridgehead atoms. The number of carbonyl (C=O) groups excluding carboxylic acids is 1. The van der Waals surface area contributed by atoms with Gasteiger partial charge in [-0.1, -0.05) is 13.8 Å². The van der Waals surface area contributed by atoms with Gasteiger partial charge in [-0.2, -0.15) is 4.98 Å². The molecule has 31 heavy (non-hydrogen) atoms. The van der Waals surface area contributed by atoms with E-state index < -0.39 is 30.6 Å². The van der Waals surface area contributed by atoms with Crippen LogP contribution in [0.15, 0.2) is 30.6 Å². The van der Waals surface area contributed by atoms with E-state index in [1.165, 1.54) is 18.3 Å². The van der Waals surface area contributed by atoms with Crippen LogP contribution in [-0.4, -0.2) is 39.5 Å². The van der Waals surface area contributed by atoms with E-state index in [0.29, 0.717) is 16.6 Å². The molecule has 168 valence electrons. The monoisotopic (exact) mass is 437 g/mol. The largest absolute Gasteiger partial charge is 0.365 e. The number of fused-ring (bicyclic) bond motifs is 1. The number of alkyl halides is 2. The molecule has 2 heterocycles. The van der Waals surface area contributed by atoms with Crippen LogP contribution in [0, 0.1) is 5.82 Å². The fourth-order valence-corrected chi connectivity index (χ4v) is 2.88. The first-order valence-corrected chi connectivity index (χ1v) is 9.71. The van der Waals surface area contributed by atoms with Crippen molar-refractivity contribution in [3.8, 4) is 0 Å².